The molecule has 0 saturated carbocycles. The Hall–Kier alpha value is -1.19. The SMILES string of the molecule is CCNc1nc(Cl)nc(NCCS(=O)(=O)NCC)n1. The molecule has 0 saturated heterocycles. The van der Waals surface area contributed by atoms with Gasteiger partial charge >= 0.3 is 0 Å². The number of aromatic nitrogens is 3. The van der Waals surface area contributed by atoms with Crippen molar-refractivity contribution in [3.8, 4) is 0 Å². The minimum absolute atomic E-state index is 0.0444. The predicted molar refractivity (Wildman–Crippen MR) is 75.0 cm³/mol. The zero-order chi connectivity index (χ0) is 14.3. The minimum Gasteiger partial charge on any atom is -0.354 e. The number of anilines is 2. The second-order valence-corrected chi connectivity index (χ2v) is 5.79. The summed E-state index contributed by atoms with van der Waals surface area (Å²) in [7, 11) is -3.26. The minimum atomic E-state index is -3.26. The van der Waals surface area contributed by atoms with Crippen LogP contribution in [0.3, 0.4) is 0 Å². The Bertz CT molecular complexity index is 509. The molecule has 0 atom stereocenters. The molecule has 0 aliphatic heterocycles. The van der Waals surface area contributed by atoms with Crippen molar-refractivity contribution >= 4 is 33.5 Å². The number of halogens is 1. The van der Waals surface area contributed by atoms with Gasteiger partial charge in [-0.1, -0.05) is 6.92 Å². The summed E-state index contributed by atoms with van der Waals surface area (Å²) in [6.07, 6.45) is 0. The molecule has 0 spiro atoms. The van der Waals surface area contributed by atoms with Crippen molar-refractivity contribution in [1.82, 2.24) is 19.7 Å². The zero-order valence-corrected chi connectivity index (χ0v) is 12.3. The third-order valence-corrected chi connectivity index (χ3v) is 3.60. The monoisotopic (exact) mass is 308 g/mol. The maximum atomic E-state index is 11.4. The number of hydrogen-bond acceptors (Lipinski definition) is 7. The molecular weight excluding hydrogens is 292 g/mol. The van der Waals surface area contributed by atoms with E-state index < -0.39 is 10.0 Å². The molecule has 3 N–H and O–H groups in total. The third kappa shape index (κ3) is 5.99. The smallest absolute Gasteiger partial charge is 0.228 e. The molecule has 1 aromatic heterocycles. The number of nitrogens with one attached hydrogen (secondary N) is 3. The first-order valence-electron chi connectivity index (χ1n) is 5.83. The average Bonchev–Trinajstić information content (AvgIpc) is 2.28. The highest BCUT2D eigenvalue weighted by atomic mass is 35.5. The molecule has 1 heterocycles. The van der Waals surface area contributed by atoms with Gasteiger partial charge in [0.15, 0.2) is 0 Å². The van der Waals surface area contributed by atoms with E-state index in [1.807, 2.05) is 6.92 Å². The maximum Gasteiger partial charge on any atom is 0.228 e. The molecule has 10 heteroatoms. The van der Waals surface area contributed by atoms with Crippen LogP contribution in [0.25, 0.3) is 0 Å². The molecule has 1 rings (SSSR count). The lowest BCUT2D eigenvalue weighted by Crippen LogP contribution is -2.29. The van der Waals surface area contributed by atoms with Gasteiger partial charge in [0.2, 0.25) is 27.2 Å². The van der Waals surface area contributed by atoms with E-state index in [-0.39, 0.29) is 23.5 Å². The van der Waals surface area contributed by atoms with E-state index in [1.165, 1.54) is 0 Å². The standard InChI is InChI=1S/C9H17ClN6O2S/c1-3-11-8-14-7(10)15-9(16-8)12-5-6-19(17,18)13-4-2/h13H,3-6H2,1-2H3,(H2,11,12,14,15,16). The normalized spacial score (nSPS) is 11.3. The van der Waals surface area contributed by atoms with Gasteiger partial charge in [0.05, 0.1) is 5.75 Å². The Labute approximate surface area is 117 Å². The summed E-state index contributed by atoms with van der Waals surface area (Å²) in [6.45, 7) is 4.81. The Morgan fingerprint density at radius 2 is 1.68 bits per heavy atom. The Kier molecular flexibility index (Phi) is 6.19. The fourth-order valence-corrected chi connectivity index (χ4v) is 2.37. The van der Waals surface area contributed by atoms with Gasteiger partial charge in [-0.25, -0.2) is 13.1 Å². The first kappa shape index (κ1) is 15.9. The van der Waals surface area contributed by atoms with Crippen LogP contribution in [-0.4, -0.2) is 48.8 Å². The average molecular weight is 309 g/mol. The fourth-order valence-electron chi connectivity index (χ4n) is 1.26. The summed E-state index contributed by atoms with van der Waals surface area (Å²) >= 11 is 5.73. The van der Waals surface area contributed by atoms with Crippen LogP contribution in [0.1, 0.15) is 13.8 Å². The lowest BCUT2D eigenvalue weighted by molar-refractivity contribution is 0.584. The van der Waals surface area contributed by atoms with E-state index in [0.29, 0.717) is 19.0 Å². The highest BCUT2D eigenvalue weighted by molar-refractivity contribution is 7.89. The van der Waals surface area contributed by atoms with Gasteiger partial charge in [0.25, 0.3) is 0 Å². The van der Waals surface area contributed by atoms with Crippen LogP contribution in [0.4, 0.5) is 11.9 Å². The van der Waals surface area contributed by atoms with Crippen LogP contribution in [0.5, 0.6) is 0 Å². The van der Waals surface area contributed by atoms with Crippen molar-refractivity contribution in [3.05, 3.63) is 5.28 Å². The zero-order valence-electron chi connectivity index (χ0n) is 10.8. The van der Waals surface area contributed by atoms with Crippen molar-refractivity contribution in [2.24, 2.45) is 0 Å². The first-order valence-corrected chi connectivity index (χ1v) is 7.86. The molecule has 0 aliphatic rings. The number of rotatable bonds is 8. The van der Waals surface area contributed by atoms with Gasteiger partial charge in [0, 0.05) is 19.6 Å². The van der Waals surface area contributed by atoms with Crippen LogP contribution in [-0.2, 0) is 10.0 Å². The van der Waals surface area contributed by atoms with Crippen LogP contribution in [0, 0.1) is 0 Å². The second-order valence-electron chi connectivity index (χ2n) is 3.53. The fraction of sp³-hybridized carbons (Fsp3) is 0.667. The van der Waals surface area contributed by atoms with Crippen LogP contribution in [0.15, 0.2) is 0 Å². The summed E-state index contributed by atoms with van der Waals surface area (Å²) in [4.78, 5) is 11.8. The molecule has 0 aromatic carbocycles. The van der Waals surface area contributed by atoms with Gasteiger partial charge in [-0.05, 0) is 18.5 Å². The summed E-state index contributed by atoms with van der Waals surface area (Å²) in [5.74, 6) is 0.517. The van der Waals surface area contributed by atoms with E-state index >= 15 is 0 Å². The van der Waals surface area contributed by atoms with E-state index in [9.17, 15) is 8.42 Å². The molecular formula is C9H17ClN6O2S. The third-order valence-electron chi connectivity index (χ3n) is 1.96. The van der Waals surface area contributed by atoms with E-state index in [4.69, 9.17) is 11.6 Å². The first-order chi connectivity index (χ1) is 8.96. The molecule has 0 bridgehead atoms. The Morgan fingerprint density at radius 3 is 2.26 bits per heavy atom. The van der Waals surface area contributed by atoms with Crippen LogP contribution >= 0.6 is 11.6 Å². The van der Waals surface area contributed by atoms with Crippen molar-refractivity contribution in [2.75, 3.05) is 36.0 Å². The van der Waals surface area contributed by atoms with Gasteiger partial charge in [-0.3, -0.25) is 0 Å². The van der Waals surface area contributed by atoms with Crippen molar-refractivity contribution in [1.29, 1.82) is 0 Å². The Balaban J connectivity index is 2.58. The molecule has 0 unspecified atom stereocenters. The largest absolute Gasteiger partial charge is 0.354 e. The molecule has 0 fully saturated rings. The highest BCUT2D eigenvalue weighted by Gasteiger charge is 2.09. The van der Waals surface area contributed by atoms with Crippen molar-refractivity contribution < 1.29 is 8.42 Å². The van der Waals surface area contributed by atoms with Crippen molar-refractivity contribution in [3.63, 3.8) is 0 Å². The number of hydrogen-bond donors (Lipinski definition) is 3. The quantitative estimate of drug-likeness (QED) is 0.634. The summed E-state index contributed by atoms with van der Waals surface area (Å²) in [5.41, 5.74) is 0. The maximum absolute atomic E-state index is 11.4. The van der Waals surface area contributed by atoms with E-state index in [2.05, 4.69) is 30.3 Å². The molecule has 0 radical (unpaired) electrons. The van der Waals surface area contributed by atoms with Gasteiger partial charge in [-0.15, -0.1) is 0 Å². The van der Waals surface area contributed by atoms with Gasteiger partial charge in [0.1, 0.15) is 0 Å². The van der Waals surface area contributed by atoms with E-state index in [1.54, 1.807) is 6.92 Å². The highest BCUT2D eigenvalue weighted by Crippen LogP contribution is 2.08. The lowest BCUT2D eigenvalue weighted by Gasteiger charge is -2.08. The molecule has 19 heavy (non-hydrogen) atoms. The summed E-state index contributed by atoms with van der Waals surface area (Å²) < 4.78 is 25.2. The summed E-state index contributed by atoms with van der Waals surface area (Å²) in [5, 5.41) is 5.74. The molecule has 8 nitrogen and oxygen atoms in total. The number of sulfonamides is 1. The molecule has 0 amide bonds. The number of nitrogens with zero attached hydrogens (tertiary/aromatic N) is 3. The second kappa shape index (κ2) is 7.41. The van der Waals surface area contributed by atoms with Gasteiger partial charge < -0.3 is 10.6 Å². The van der Waals surface area contributed by atoms with E-state index in [0.717, 1.165) is 0 Å². The molecule has 0 aliphatic carbocycles. The lowest BCUT2D eigenvalue weighted by atomic mass is 10.7. The Morgan fingerprint density at radius 1 is 1.05 bits per heavy atom. The molecule has 108 valence electrons. The van der Waals surface area contributed by atoms with Crippen LogP contribution in [0.2, 0.25) is 5.28 Å². The topological polar surface area (TPSA) is 109 Å². The summed E-state index contributed by atoms with van der Waals surface area (Å²) in [6, 6.07) is 0. The molecule has 1 aromatic rings. The van der Waals surface area contributed by atoms with Crippen LogP contribution < -0.4 is 15.4 Å². The predicted octanol–water partition coefficient (Wildman–Crippen LogP) is 0.308. The van der Waals surface area contributed by atoms with Gasteiger partial charge in [-0.2, -0.15) is 15.0 Å². The van der Waals surface area contributed by atoms with Crippen molar-refractivity contribution in [2.45, 2.75) is 13.8 Å².